The Hall–Kier alpha value is -6.88. The van der Waals surface area contributed by atoms with Crippen LogP contribution < -0.4 is 0 Å². The average Bonchev–Trinajstić information content (AvgIpc) is 3.67. The zero-order valence-electron chi connectivity index (χ0n) is 25.8. The molecular formula is C44H26N4. The third-order valence-electron chi connectivity index (χ3n) is 9.41. The standard InChI is InChI=1S/C44H26N4/c1-46-39-26-30(28-45)37(29-22-24-31(25-23-29)47-40-17-7-2-12-32(40)33-13-3-8-18-41(33)47)27-38(39)36-16-6-11-21-44(36)48-42-19-9-4-14-34(42)35-15-5-10-20-43(35)48/h2-27H. The van der Waals surface area contributed by atoms with Crippen LogP contribution in [0.4, 0.5) is 5.69 Å². The number of hydrogen-bond donors (Lipinski definition) is 0. The molecule has 0 aliphatic rings. The monoisotopic (exact) mass is 610 g/mol. The van der Waals surface area contributed by atoms with Gasteiger partial charge in [-0.15, -0.1) is 0 Å². The van der Waals surface area contributed by atoms with Crippen LogP contribution in [0.15, 0.2) is 158 Å². The van der Waals surface area contributed by atoms with Crippen molar-refractivity contribution in [1.82, 2.24) is 9.13 Å². The van der Waals surface area contributed by atoms with E-state index in [4.69, 9.17) is 6.57 Å². The van der Waals surface area contributed by atoms with Gasteiger partial charge in [0.25, 0.3) is 0 Å². The minimum atomic E-state index is 0.449. The van der Waals surface area contributed by atoms with Gasteiger partial charge in [-0.05, 0) is 70.8 Å². The summed E-state index contributed by atoms with van der Waals surface area (Å²) in [7, 11) is 0. The SMILES string of the molecule is [C-]#[N+]c1cc(C#N)c(-c2ccc(-n3c4ccccc4c4ccccc43)cc2)cc1-c1ccccc1-n1c2ccccc2c2ccccc21. The van der Waals surface area contributed by atoms with Crippen LogP contribution in [0, 0.1) is 17.9 Å². The Kier molecular flexibility index (Phi) is 6.22. The van der Waals surface area contributed by atoms with Gasteiger partial charge in [0.2, 0.25) is 0 Å². The number of hydrogen-bond acceptors (Lipinski definition) is 1. The van der Waals surface area contributed by atoms with Crippen LogP contribution in [0.5, 0.6) is 0 Å². The lowest BCUT2D eigenvalue weighted by atomic mass is 9.92. The van der Waals surface area contributed by atoms with Crippen molar-refractivity contribution >= 4 is 49.3 Å². The molecule has 0 aliphatic heterocycles. The van der Waals surface area contributed by atoms with E-state index in [9.17, 15) is 5.26 Å². The van der Waals surface area contributed by atoms with Crippen LogP contribution in [0.1, 0.15) is 5.56 Å². The number of benzene rings is 7. The van der Waals surface area contributed by atoms with E-state index >= 15 is 0 Å². The van der Waals surface area contributed by atoms with E-state index in [1.54, 1.807) is 6.07 Å². The summed E-state index contributed by atoms with van der Waals surface area (Å²) in [4.78, 5) is 3.93. The summed E-state index contributed by atoms with van der Waals surface area (Å²) < 4.78 is 4.57. The second-order valence-electron chi connectivity index (χ2n) is 11.9. The van der Waals surface area contributed by atoms with E-state index in [-0.39, 0.29) is 0 Å². The summed E-state index contributed by atoms with van der Waals surface area (Å²) in [5.41, 5.74) is 10.9. The van der Waals surface area contributed by atoms with Crippen LogP contribution in [0.3, 0.4) is 0 Å². The molecule has 222 valence electrons. The van der Waals surface area contributed by atoms with Crippen LogP contribution in [-0.2, 0) is 0 Å². The van der Waals surface area contributed by atoms with Crippen molar-refractivity contribution in [2.75, 3.05) is 0 Å². The quantitative estimate of drug-likeness (QED) is 0.183. The van der Waals surface area contributed by atoms with Crippen molar-refractivity contribution in [2.45, 2.75) is 0 Å². The zero-order valence-corrected chi connectivity index (χ0v) is 25.8. The molecular weight excluding hydrogens is 585 g/mol. The summed E-state index contributed by atoms with van der Waals surface area (Å²) in [6.45, 7) is 8.13. The van der Waals surface area contributed by atoms with Crippen LogP contribution in [0.25, 0.3) is 82.1 Å². The number of nitriles is 1. The maximum atomic E-state index is 10.3. The zero-order chi connectivity index (χ0) is 32.2. The Morgan fingerprint density at radius 2 is 0.958 bits per heavy atom. The molecule has 0 amide bonds. The minimum absolute atomic E-state index is 0.449. The number of fused-ring (bicyclic) bond motifs is 6. The second-order valence-corrected chi connectivity index (χ2v) is 11.9. The molecule has 0 radical (unpaired) electrons. The third kappa shape index (κ3) is 4.07. The molecule has 7 aromatic carbocycles. The Labute approximate surface area is 277 Å². The van der Waals surface area contributed by atoms with Gasteiger partial charge in [0.15, 0.2) is 5.69 Å². The smallest absolute Gasteiger partial charge is 0.196 e. The first-order chi connectivity index (χ1) is 23.7. The molecule has 4 heteroatoms. The van der Waals surface area contributed by atoms with Crippen LogP contribution >= 0.6 is 0 Å². The van der Waals surface area contributed by atoms with Gasteiger partial charge < -0.3 is 9.13 Å². The predicted molar refractivity (Wildman–Crippen MR) is 197 cm³/mol. The Balaban J connectivity index is 1.23. The predicted octanol–water partition coefficient (Wildman–Crippen LogP) is 11.6. The molecule has 9 aromatic rings. The molecule has 4 nitrogen and oxygen atoms in total. The maximum Gasteiger partial charge on any atom is 0.196 e. The van der Waals surface area contributed by atoms with Crippen LogP contribution in [-0.4, -0.2) is 9.13 Å². The highest BCUT2D eigenvalue weighted by Gasteiger charge is 2.19. The fourth-order valence-corrected chi connectivity index (χ4v) is 7.30. The highest BCUT2D eigenvalue weighted by Crippen LogP contribution is 2.42. The van der Waals surface area contributed by atoms with Crippen molar-refractivity contribution in [3.63, 3.8) is 0 Å². The number of aromatic nitrogens is 2. The molecule has 0 saturated heterocycles. The molecule has 0 aliphatic carbocycles. The number of nitrogens with zero attached hydrogens (tertiary/aromatic N) is 4. The van der Waals surface area contributed by atoms with Crippen molar-refractivity contribution in [3.05, 3.63) is 175 Å². The lowest BCUT2D eigenvalue weighted by Crippen LogP contribution is -1.98. The van der Waals surface area contributed by atoms with Gasteiger partial charge in [0.1, 0.15) is 0 Å². The molecule has 2 aromatic heterocycles. The van der Waals surface area contributed by atoms with Gasteiger partial charge in [-0.25, -0.2) is 4.85 Å². The van der Waals surface area contributed by atoms with E-state index in [0.29, 0.717) is 11.3 Å². The molecule has 0 unspecified atom stereocenters. The van der Waals surface area contributed by atoms with Crippen molar-refractivity contribution in [2.24, 2.45) is 0 Å². The van der Waals surface area contributed by atoms with E-state index in [1.807, 2.05) is 18.2 Å². The first kappa shape index (κ1) is 27.4. The molecule has 0 N–H and O–H groups in total. The summed E-state index contributed by atoms with van der Waals surface area (Å²) in [6, 6.07) is 56.6. The lowest BCUT2D eigenvalue weighted by Gasteiger charge is -2.17. The van der Waals surface area contributed by atoms with Gasteiger partial charge in [0.05, 0.1) is 40.4 Å². The van der Waals surface area contributed by atoms with E-state index in [0.717, 1.165) is 55.7 Å². The van der Waals surface area contributed by atoms with Crippen molar-refractivity contribution in [1.29, 1.82) is 5.26 Å². The number of para-hydroxylation sites is 5. The Morgan fingerprint density at radius 3 is 1.48 bits per heavy atom. The van der Waals surface area contributed by atoms with Crippen LogP contribution in [0.2, 0.25) is 0 Å². The summed E-state index contributed by atoms with van der Waals surface area (Å²) in [5.74, 6) is 0. The van der Waals surface area contributed by atoms with E-state index < -0.39 is 0 Å². The second kappa shape index (κ2) is 10.9. The highest BCUT2D eigenvalue weighted by molar-refractivity contribution is 6.10. The third-order valence-corrected chi connectivity index (χ3v) is 9.41. The van der Waals surface area contributed by atoms with Gasteiger partial charge in [0, 0.05) is 32.8 Å². The lowest BCUT2D eigenvalue weighted by molar-refractivity contribution is 1.18. The fraction of sp³-hybridized carbons (Fsp3) is 0. The summed E-state index contributed by atoms with van der Waals surface area (Å²) in [5, 5.41) is 15.1. The average molecular weight is 611 g/mol. The largest absolute Gasteiger partial charge is 0.309 e. The Bertz CT molecular complexity index is 2690. The van der Waals surface area contributed by atoms with Crippen molar-refractivity contribution in [3.8, 4) is 39.7 Å². The number of rotatable bonds is 4. The maximum absolute atomic E-state index is 10.3. The van der Waals surface area contributed by atoms with E-state index in [2.05, 4.69) is 154 Å². The molecule has 0 saturated carbocycles. The molecule has 2 heterocycles. The molecule has 0 spiro atoms. The van der Waals surface area contributed by atoms with Gasteiger partial charge in [-0.1, -0.05) is 109 Å². The summed E-state index contributed by atoms with van der Waals surface area (Å²) in [6.07, 6.45) is 0. The fourth-order valence-electron chi connectivity index (χ4n) is 7.30. The van der Waals surface area contributed by atoms with Gasteiger partial charge >= 0.3 is 0 Å². The summed E-state index contributed by atoms with van der Waals surface area (Å²) >= 11 is 0. The van der Waals surface area contributed by atoms with Gasteiger partial charge in [-0.3, -0.25) is 0 Å². The first-order valence-corrected chi connectivity index (χ1v) is 15.9. The Morgan fingerprint density at radius 1 is 0.479 bits per heavy atom. The molecule has 48 heavy (non-hydrogen) atoms. The van der Waals surface area contributed by atoms with Gasteiger partial charge in [-0.2, -0.15) is 5.26 Å². The van der Waals surface area contributed by atoms with Crippen molar-refractivity contribution < 1.29 is 0 Å². The normalized spacial score (nSPS) is 11.3. The molecule has 0 atom stereocenters. The minimum Gasteiger partial charge on any atom is -0.309 e. The topological polar surface area (TPSA) is 38.0 Å². The van der Waals surface area contributed by atoms with E-state index in [1.165, 1.54) is 21.5 Å². The molecule has 0 bridgehead atoms. The molecule has 0 fully saturated rings. The first-order valence-electron chi connectivity index (χ1n) is 15.9. The molecule has 9 rings (SSSR count). The highest BCUT2D eigenvalue weighted by atomic mass is 15.0.